The predicted octanol–water partition coefficient (Wildman–Crippen LogP) is -0.473. The van der Waals surface area contributed by atoms with Crippen LogP contribution in [-0.4, -0.2) is 49.3 Å². The highest BCUT2D eigenvalue weighted by Gasteiger charge is 2.13. The van der Waals surface area contributed by atoms with E-state index >= 15 is 0 Å². The van der Waals surface area contributed by atoms with Gasteiger partial charge in [0.25, 0.3) is 0 Å². The highest BCUT2D eigenvalue weighted by molar-refractivity contribution is 7.85. The van der Waals surface area contributed by atoms with E-state index < -0.39 is 23.1 Å². The molecule has 0 saturated heterocycles. The normalized spacial score (nSPS) is 12.9. The van der Waals surface area contributed by atoms with Crippen molar-refractivity contribution in [2.45, 2.75) is 6.29 Å². The molecule has 0 amide bonds. The van der Waals surface area contributed by atoms with Gasteiger partial charge < -0.3 is 14.2 Å². The third kappa shape index (κ3) is 5.73. The van der Waals surface area contributed by atoms with Crippen LogP contribution in [0.5, 0.6) is 0 Å². The van der Waals surface area contributed by atoms with Gasteiger partial charge in [-0.1, -0.05) is 0 Å². The van der Waals surface area contributed by atoms with Crippen LogP contribution < -0.4 is 0 Å². The molecule has 0 heterocycles. The minimum atomic E-state index is -1.30. The number of ether oxygens (including phenoxy) is 3. The van der Waals surface area contributed by atoms with Crippen molar-refractivity contribution in [2.75, 3.05) is 32.8 Å². The summed E-state index contributed by atoms with van der Waals surface area (Å²) in [6.07, 6.45) is -0.537. The Balaban J connectivity index is 3.79. The zero-order chi connectivity index (χ0) is 10.3. The molecule has 78 valence electrons. The van der Waals surface area contributed by atoms with Gasteiger partial charge in [0, 0.05) is 25.0 Å². The fourth-order valence-electron chi connectivity index (χ4n) is 0.633. The maximum Gasteiger partial charge on any atom is 0.318 e. The molecule has 0 aromatic carbocycles. The highest BCUT2D eigenvalue weighted by Crippen LogP contribution is 1.95. The molecular formula is C7H14O5S. The zero-order valence-corrected chi connectivity index (χ0v) is 8.76. The second-order valence-electron chi connectivity index (χ2n) is 2.23. The number of carbonyl (C=O) groups excluding carboxylic acids is 1. The Morgan fingerprint density at radius 3 is 2.23 bits per heavy atom. The molecule has 0 rings (SSSR count). The van der Waals surface area contributed by atoms with Crippen molar-refractivity contribution in [3.05, 3.63) is 0 Å². The van der Waals surface area contributed by atoms with Gasteiger partial charge in [0.15, 0.2) is 6.29 Å². The van der Waals surface area contributed by atoms with E-state index in [0.717, 1.165) is 0 Å². The zero-order valence-electron chi connectivity index (χ0n) is 7.94. The van der Waals surface area contributed by atoms with Gasteiger partial charge in [0.05, 0.1) is 12.9 Å². The molecule has 1 atom stereocenters. The molecule has 13 heavy (non-hydrogen) atoms. The maximum absolute atomic E-state index is 11.2. The van der Waals surface area contributed by atoms with Crippen LogP contribution in [-0.2, 0) is 29.8 Å². The Bertz CT molecular complexity index is 178. The van der Waals surface area contributed by atoms with Crippen molar-refractivity contribution in [3.8, 4) is 0 Å². The van der Waals surface area contributed by atoms with E-state index in [-0.39, 0.29) is 11.5 Å². The molecule has 0 spiro atoms. The quantitative estimate of drug-likeness (QED) is 0.438. The van der Waals surface area contributed by atoms with Crippen LogP contribution in [0.25, 0.3) is 0 Å². The van der Waals surface area contributed by atoms with Gasteiger partial charge in [-0.25, -0.2) is 0 Å². The van der Waals surface area contributed by atoms with Crippen LogP contribution >= 0.6 is 0 Å². The van der Waals surface area contributed by atoms with Crippen molar-refractivity contribution in [1.29, 1.82) is 0 Å². The number of carbonyl (C=O) groups is 1. The van der Waals surface area contributed by atoms with Crippen LogP contribution in [0, 0.1) is 0 Å². The third-order valence-corrected chi connectivity index (χ3v) is 2.56. The van der Waals surface area contributed by atoms with E-state index in [1.807, 2.05) is 0 Å². The van der Waals surface area contributed by atoms with Crippen molar-refractivity contribution in [1.82, 2.24) is 0 Å². The SMILES string of the molecule is COC(=O)CS(=O)CC(OC)OC. The van der Waals surface area contributed by atoms with Gasteiger partial charge in [-0.05, 0) is 0 Å². The average molecular weight is 210 g/mol. The molecule has 1 unspecified atom stereocenters. The monoisotopic (exact) mass is 210 g/mol. The van der Waals surface area contributed by atoms with Gasteiger partial charge in [-0.15, -0.1) is 0 Å². The van der Waals surface area contributed by atoms with Crippen molar-refractivity contribution in [2.24, 2.45) is 0 Å². The molecule has 6 heteroatoms. The molecule has 5 nitrogen and oxygen atoms in total. The predicted molar refractivity (Wildman–Crippen MR) is 47.7 cm³/mol. The van der Waals surface area contributed by atoms with Gasteiger partial charge in [0.1, 0.15) is 5.75 Å². The first-order valence-corrected chi connectivity index (χ1v) is 5.10. The second-order valence-corrected chi connectivity index (χ2v) is 3.73. The molecular weight excluding hydrogens is 196 g/mol. The van der Waals surface area contributed by atoms with Gasteiger partial charge >= 0.3 is 5.97 Å². The number of rotatable bonds is 6. The molecule has 0 saturated carbocycles. The van der Waals surface area contributed by atoms with E-state index in [4.69, 9.17) is 9.47 Å². The van der Waals surface area contributed by atoms with Crippen molar-refractivity contribution < 1.29 is 23.2 Å². The third-order valence-electron chi connectivity index (χ3n) is 1.35. The summed E-state index contributed by atoms with van der Waals surface area (Å²) in [7, 11) is 2.85. The van der Waals surface area contributed by atoms with E-state index in [9.17, 15) is 9.00 Å². The van der Waals surface area contributed by atoms with E-state index in [0.29, 0.717) is 0 Å². The maximum atomic E-state index is 11.2. The highest BCUT2D eigenvalue weighted by atomic mass is 32.2. The molecule has 0 aliphatic heterocycles. The van der Waals surface area contributed by atoms with E-state index in [1.165, 1.54) is 21.3 Å². The van der Waals surface area contributed by atoms with Crippen LogP contribution in [0.15, 0.2) is 0 Å². The lowest BCUT2D eigenvalue weighted by molar-refractivity contribution is -0.137. The second kappa shape index (κ2) is 6.99. The minimum Gasteiger partial charge on any atom is -0.468 e. The van der Waals surface area contributed by atoms with Gasteiger partial charge in [-0.2, -0.15) is 0 Å². The smallest absolute Gasteiger partial charge is 0.318 e. The topological polar surface area (TPSA) is 61.8 Å². The molecule has 0 aliphatic carbocycles. The summed E-state index contributed by atoms with van der Waals surface area (Å²) in [6, 6.07) is 0. The first-order chi connectivity index (χ1) is 6.13. The molecule has 0 aromatic heterocycles. The lowest BCUT2D eigenvalue weighted by Gasteiger charge is -2.11. The van der Waals surface area contributed by atoms with Crippen molar-refractivity contribution in [3.63, 3.8) is 0 Å². The van der Waals surface area contributed by atoms with Gasteiger partial charge in [-0.3, -0.25) is 9.00 Å². The molecule has 0 aliphatic rings. The average Bonchev–Trinajstić information content (AvgIpc) is 2.13. The molecule has 0 radical (unpaired) electrons. The number of hydrogen-bond donors (Lipinski definition) is 0. The standard InChI is InChI=1S/C7H14O5S/c1-10-6(8)4-13(9)5-7(11-2)12-3/h7H,4-5H2,1-3H3. The Morgan fingerprint density at radius 1 is 1.31 bits per heavy atom. The summed E-state index contributed by atoms with van der Waals surface area (Å²) in [4.78, 5) is 10.7. The molecule has 0 aromatic rings. The van der Waals surface area contributed by atoms with Crippen molar-refractivity contribution >= 4 is 16.8 Å². The van der Waals surface area contributed by atoms with E-state index in [1.54, 1.807) is 0 Å². The summed E-state index contributed by atoms with van der Waals surface area (Å²) < 4.78 is 25.2. The Labute approximate surface area is 79.8 Å². The lowest BCUT2D eigenvalue weighted by Crippen LogP contribution is -2.25. The molecule has 0 fully saturated rings. The Hall–Kier alpha value is -0.460. The Morgan fingerprint density at radius 2 is 1.85 bits per heavy atom. The summed E-state index contributed by atoms with van der Waals surface area (Å²) >= 11 is 0. The molecule has 0 N–H and O–H groups in total. The Kier molecular flexibility index (Phi) is 6.75. The van der Waals surface area contributed by atoms with Crippen LogP contribution in [0.3, 0.4) is 0 Å². The van der Waals surface area contributed by atoms with Crippen LogP contribution in [0.4, 0.5) is 0 Å². The molecule has 0 bridgehead atoms. The first kappa shape index (κ1) is 12.5. The number of hydrogen-bond acceptors (Lipinski definition) is 5. The first-order valence-electron chi connectivity index (χ1n) is 3.61. The van der Waals surface area contributed by atoms with Crippen LogP contribution in [0.2, 0.25) is 0 Å². The fraction of sp³-hybridized carbons (Fsp3) is 0.857. The summed E-state index contributed by atoms with van der Waals surface area (Å²) in [5.41, 5.74) is 0. The summed E-state index contributed by atoms with van der Waals surface area (Å²) in [5.74, 6) is -0.453. The number of esters is 1. The number of methoxy groups -OCH3 is 3. The van der Waals surface area contributed by atoms with Gasteiger partial charge in [0.2, 0.25) is 0 Å². The fourth-order valence-corrected chi connectivity index (χ4v) is 1.71. The minimum absolute atomic E-state index is 0.125. The lowest BCUT2D eigenvalue weighted by atomic mass is 10.7. The van der Waals surface area contributed by atoms with E-state index in [2.05, 4.69) is 4.74 Å². The summed E-state index contributed by atoms with van der Waals surface area (Å²) in [5, 5.41) is 0. The van der Waals surface area contributed by atoms with Crippen LogP contribution in [0.1, 0.15) is 0 Å². The largest absolute Gasteiger partial charge is 0.468 e. The summed E-state index contributed by atoms with van der Waals surface area (Å²) in [6.45, 7) is 0.